The summed E-state index contributed by atoms with van der Waals surface area (Å²) in [5.41, 5.74) is 0. The number of phosphoric acid groups is 2. The van der Waals surface area contributed by atoms with Crippen LogP contribution in [-0.4, -0.2) is 39.6 Å². The molecule has 0 aromatic heterocycles. The Bertz CT molecular complexity index is 277. The summed E-state index contributed by atoms with van der Waals surface area (Å²) in [5.74, 6) is 0. The predicted octanol–water partition coefficient (Wildman–Crippen LogP) is -0.957. The van der Waals surface area contributed by atoms with E-state index in [4.69, 9.17) is 24.5 Å². The van der Waals surface area contributed by atoms with Crippen LogP contribution in [0, 0.1) is 0 Å². The van der Waals surface area contributed by atoms with E-state index in [0.29, 0.717) is 0 Å². The van der Waals surface area contributed by atoms with Crippen LogP contribution >= 0.6 is 21.8 Å². The molecule has 0 radical (unpaired) electrons. The van der Waals surface area contributed by atoms with Gasteiger partial charge in [0.05, 0.1) is 0 Å². The van der Waals surface area contributed by atoms with Crippen LogP contribution in [0.2, 0.25) is 0 Å². The fourth-order valence-electron chi connectivity index (χ4n) is 0.284. The van der Waals surface area contributed by atoms with Crippen LogP contribution in [0.1, 0.15) is 0 Å². The molecule has 0 aliphatic rings. The van der Waals surface area contributed by atoms with E-state index in [2.05, 4.69) is 8.62 Å². The van der Waals surface area contributed by atoms with Crippen LogP contribution in [0.15, 0.2) is 0 Å². The Balaban J connectivity index is 4.54. The molecule has 5 N–H and O–H groups in total. The first kappa shape index (κ1) is 14.1. The summed E-state index contributed by atoms with van der Waals surface area (Å²) < 4.78 is 27.4. The van der Waals surface area contributed by atoms with Gasteiger partial charge in [-0.15, -0.1) is 0 Å². The number of hydrogen-bond acceptors (Lipinski definition) is 6. The second-order valence-corrected chi connectivity index (χ2v) is 8.81. The van der Waals surface area contributed by atoms with E-state index >= 15 is 0 Å². The third kappa shape index (κ3) is 9.43. The van der Waals surface area contributed by atoms with Gasteiger partial charge < -0.3 is 0 Å². The Morgan fingerprint density at radius 1 is 0.923 bits per heavy atom. The van der Waals surface area contributed by atoms with Crippen molar-refractivity contribution in [3.63, 3.8) is 0 Å². The van der Waals surface area contributed by atoms with Crippen molar-refractivity contribution in [3.05, 3.63) is 0 Å². The van der Waals surface area contributed by atoms with Crippen molar-refractivity contribution in [2.24, 2.45) is 0 Å². The summed E-state index contributed by atoms with van der Waals surface area (Å²) >= 11 is 1.59. The van der Waals surface area contributed by atoms with Crippen molar-refractivity contribution in [3.8, 4) is 0 Å². The van der Waals surface area contributed by atoms with Crippen molar-refractivity contribution in [1.82, 2.24) is 0 Å². The number of hydrogen-bond donors (Lipinski definition) is 5. The maximum absolute atomic E-state index is 10.6. The SMILES string of the molecule is O=P(O)(O)OP(=O)(O)OP(O)(O)=[Se]. The normalized spacial score (nSPS) is 18.2. The fourth-order valence-corrected chi connectivity index (χ4v) is 4.41. The Morgan fingerprint density at radius 3 is 1.54 bits per heavy atom. The zero-order valence-electron chi connectivity index (χ0n) is 5.62. The molecule has 0 aliphatic carbocycles. The summed E-state index contributed by atoms with van der Waals surface area (Å²) in [6.45, 7) is 0. The predicted molar refractivity (Wildman–Crippen MR) is 41.2 cm³/mol. The summed E-state index contributed by atoms with van der Waals surface area (Å²) in [6.07, 6.45) is -4.23. The molecule has 0 rings (SSSR count). The van der Waals surface area contributed by atoms with Gasteiger partial charge in [0, 0.05) is 0 Å². The summed E-state index contributed by atoms with van der Waals surface area (Å²) in [4.78, 5) is 41.6. The molecule has 0 saturated heterocycles. The second kappa shape index (κ2) is 4.33. The first-order valence-corrected chi connectivity index (χ1v) is 9.13. The van der Waals surface area contributed by atoms with Crippen LogP contribution in [-0.2, 0) is 17.8 Å². The average Bonchev–Trinajstić information content (AvgIpc) is 1.43. The summed E-state index contributed by atoms with van der Waals surface area (Å²) in [5, 5.41) is 0. The Labute approximate surface area is 79.6 Å². The molecule has 0 aromatic rings. The van der Waals surface area contributed by atoms with Crippen molar-refractivity contribution in [2.75, 3.05) is 0 Å². The molecule has 1 unspecified atom stereocenters. The molecule has 0 saturated carbocycles. The van der Waals surface area contributed by atoms with Crippen LogP contribution in [0.25, 0.3) is 0 Å². The van der Waals surface area contributed by atoms with Crippen LogP contribution in [0.4, 0.5) is 0 Å². The topological polar surface area (TPSA) is 154 Å². The molecule has 80 valence electrons. The van der Waals surface area contributed by atoms with Gasteiger partial charge in [0.15, 0.2) is 0 Å². The van der Waals surface area contributed by atoms with Crippen LogP contribution in [0.5, 0.6) is 0 Å². The molecule has 0 amide bonds. The molecule has 0 heterocycles. The first-order chi connectivity index (χ1) is 5.41. The zero-order chi connectivity index (χ0) is 10.9. The third-order valence-corrected chi connectivity index (χ3v) is 5.03. The molecule has 0 fully saturated rings. The molecule has 0 aromatic carbocycles. The first-order valence-electron chi connectivity index (χ1n) is 2.28. The van der Waals surface area contributed by atoms with Crippen molar-refractivity contribution < 1.29 is 42.2 Å². The van der Waals surface area contributed by atoms with Gasteiger partial charge in [0.1, 0.15) is 0 Å². The van der Waals surface area contributed by atoms with Gasteiger partial charge in [0.25, 0.3) is 0 Å². The van der Waals surface area contributed by atoms with Gasteiger partial charge in [-0.3, -0.25) is 0 Å². The Morgan fingerprint density at radius 2 is 1.31 bits per heavy atom. The van der Waals surface area contributed by atoms with E-state index in [1.165, 1.54) is 0 Å². The van der Waals surface area contributed by atoms with Crippen molar-refractivity contribution in [2.45, 2.75) is 0 Å². The van der Waals surface area contributed by atoms with Crippen molar-refractivity contribution in [1.29, 1.82) is 0 Å². The Kier molecular flexibility index (Phi) is 4.70. The summed E-state index contributed by atoms with van der Waals surface area (Å²) in [7, 11) is -10.4. The minimum atomic E-state index is -5.23. The van der Waals surface area contributed by atoms with Gasteiger partial charge in [-0.2, -0.15) is 0 Å². The standard InChI is InChI=1S/H5O9P3Se/c1-10(2,3)8-11(4,5)9-12(6,7)13/h(H,4,5)(H2,1,2,3)(H2,6,7,13). The number of rotatable bonds is 4. The molecular weight excluding hydrogens is 316 g/mol. The van der Waals surface area contributed by atoms with E-state index < -0.39 is 21.8 Å². The molecule has 13 heteroatoms. The van der Waals surface area contributed by atoms with E-state index in [1.54, 1.807) is 15.1 Å². The average molecular weight is 321 g/mol. The molecule has 0 spiro atoms. The van der Waals surface area contributed by atoms with Gasteiger partial charge in [-0.05, 0) is 0 Å². The van der Waals surface area contributed by atoms with Gasteiger partial charge in [0.2, 0.25) is 0 Å². The van der Waals surface area contributed by atoms with Gasteiger partial charge >= 0.3 is 79.2 Å². The molecule has 13 heavy (non-hydrogen) atoms. The third-order valence-electron chi connectivity index (χ3n) is 0.419. The quantitative estimate of drug-likeness (QED) is 0.325. The van der Waals surface area contributed by atoms with E-state index in [0.717, 1.165) is 0 Å². The minimum absolute atomic E-state index is 1.59. The fraction of sp³-hybridized carbons (Fsp3) is 0. The molecular formula is H5O9P3Se. The zero-order valence-corrected chi connectivity index (χ0v) is 10.0. The Hall–Kier alpha value is 1.13. The second-order valence-electron chi connectivity index (χ2n) is 1.61. The molecule has 0 aliphatic heterocycles. The molecule has 1 atom stereocenters. The van der Waals surface area contributed by atoms with Crippen LogP contribution in [0.3, 0.4) is 0 Å². The van der Waals surface area contributed by atoms with Gasteiger partial charge in [-0.25, -0.2) is 0 Å². The monoisotopic (exact) mass is 322 g/mol. The van der Waals surface area contributed by atoms with Crippen molar-refractivity contribution >= 4 is 36.9 Å². The van der Waals surface area contributed by atoms with Crippen LogP contribution < -0.4 is 0 Å². The molecule has 0 bridgehead atoms. The maximum atomic E-state index is 10.6. The van der Waals surface area contributed by atoms with E-state index in [1.807, 2.05) is 0 Å². The van der Waals surface area contributed by atoms with Gasteiger partial charge in [-0.1, -0.05) is 0 Å². The molecule has 9 nitrogen and oxygen atoms in total. The van der Waals surface area contributed by atoms with E-state index in [9.17, 15) is 9.13 Å². The van der Waals surface area contributed by atoms with E-state index in [-0.39, 0.29) is 0 Å². The summed E-state index contributed by atoms with van der Waals surface area (Å²) in [6, 6.07) is 0.